The number of benzene rings is 1. The van der Waals surface area contributed by atoms with E-state index in [1.54, 1.807) is 42.6 Å². The molecule has 2 fully saturated rings. The fraction of sp³-hybridized carbons (Fsp3) is 0.464. The smallest absolute Gasteiger partial charge is 0.316 e. The van der Waals surface area contributed by atoms with Crippen molar-refractivity contribution in [2.45, 2.75) is 62.9 Å². The summed E-state index contributed by atoms with van der Waals surface area (Å²) in [7, 11) is -3.71. The summed E-state index contributed by atoms with van der Waals surface area (Å²) in [5.41, 5.74) is 0.705. The molecule has 40 heavy (non-hydrogen) atoms. The van der Waals surface area contributed by atoms with Gasteiger partial charge in [0, 0.05) is 37.4 Å². The van der Waals surface area contributed by atoms with E-state index in [1.165, 1.54) is 21.3 Å². The van der Waals surface area contributed by atoms with Crippen LogP contribution in [0.1, 0.15) is 39.5 Å². The van der Waals surface area contributed by atoms with Crippen LogP contribution in [0.2, 0.25) is 5.02 Å². The maximum absolute atomic E-state index is 13.8. The molecule has 1 aliphatic carbocycles. The summed E-state index contributed by atoms with van der Waals surface area (Å²) in [6.07, 6.45) is 6.56. The zero-order chi connectivity index (χ0) is 28.3. The average molecular weight is 588 g/mol. The van der Waals surface area contributed by atoms with Gasteiger partial charge in [-0.25, -0.2) is 13.4 Å². The second-order valence-electron chi connectivity index (χ2n) is 10.3. The molecule has 0 N–H and O–H groups in total. The maximum Gasteiger partial charge on any atom is 0.316 e. The molecule has 12 heteroatoms. The zero-order valence-electron chi connectivity index (χ0n) is 22.6. The molecule has 214 valence electrons. The summed E-state index contributed by atoms with van der Waals surface area (Å²) in [4.78, 5) is 19.8. The molecule has 3 aromatic rings. The second kappa shape index (κ2) is 12.3. The first-order valence-electron chi connectivity index (χ1n) is 13.6. The second-order valence-corrected chi connectivity index (χ2v) is 12.6. The summed E-state index contributed by atoms with van der Waals surface area (Å²) in [5, 5.41) is 4.96. The Kier molecular flexibility index (Phi) is 8.74. The maximum atomic E-state index is 13.8. The van der Waals surface area contributed by atoms with Crippen LogP contribution in [0.3, 0.4) is 0 Å². The van der Waals surface area contributed by atoms with Crippen LogP contribution in [0.25, 0.3) is 5.69 Å². The van der Waals surface area contributed by atoms with Crippen molar-refractivity contribution in [3.05, 3.63) is 70.2 Å². The van der Waals surface area contributed by atoms with Gasteiger partial charge >= 0.3 is 5.56 Å². The molecule has 10 nitrogen and oxygen atoms in total. The van der Waals surface area contributed by atoms with Gasteiger partial charge in [0.15, 0.2) is 5.03 Å². The summed E-state index contributed by atoms with van der Waals surface area (Å²) >= 11 is 6.19. The van der Waals surface area contributed by atoms with Crippen molar-refractivity contribution in [2.24, 2.45) is 0 Å². The van der Waals surface area contributed by atoms with Gasteiger partial charge in [-0.1, -0.05) is 23.7 Å². The Balaban J connectivity index is 1.39. The van der Waals surface area contributed by atoms with Gasteiger partial charge < -0.3 is 14.4 Å². The molecule has 0 amide bonds. The Bertz CT molecular complexity index is 1470. The number of sulfonamides is 1. The SMILES string of the molecule is CC(C)O[C@H]1CC[C@H](Oc2c(N3CCN(S(=O)(=O)c4ccccn4)CC3)cnn(-c3cccc(Cl)c3)c2=O)CC1. The molecular weight excluding hydrogens is 554 g/mol. The number of nitrogens with zero attached hydrogens (tertiary/aromatic N) is 5. The number of pyridine rings is 1. The van der Waals surface area contributed by atoms with Gasteiger partial charge in [-0.3, -0.25) is 4.79 Å². The van der Waals surface area contributed by atoms with Gasteiger partial charge in [0.05, 0.1) is 30.2 Å². The van der Waals surface area contributed by atoms with Crippen LogP contribution in [-0.4, -0.2) is 72.0 Å². The van der Waals surface area contributed by atoms with Crippen LogP contribution in [-0.2, 0) is 14.8 Å². The monoisotopic (exact) mass is 587 g/mol. The molecule has 1 aromatic carbocycles. The Morgan fingerprint density at radius 3 is 2.35 bits per heavy atom. The molecule has 0 atom stereocenters. The molecule has 1 aliphatic heterocycles. The summed E-state index contributed by atoms with van der Waals surface area (Å²) < 4.78 is 41.3. The van der Waals surface area contributed by atoms with E-state index in [2.05, 4.69) is 10.1 Å². The molecule has 1 saturated heterocycles. The van der Waals surface area contributed by atoms with Crippen LogP contribution in [0.4, 0.5) is 5.69 Å². The minimum absolute atomic E-state index is 0.0234. The highest BCUT2D eigenvalue weighted by Crippen LogP contribution is 2.31. The van der Waals surface area contributed by atoms with Crippen LogP contribution in [0, 0.1) is 0 Å². The number of aromatic nitrogens is 3. The molecule has 5 rings (SSSR count). The van der Waals surface area contributed by atoms with E-state index in [0.29, 0.717) is 29.5 Å². The van der Waals surface area contributed by atoms with Crippen LogP contribution in [0.15, 0.2) is 64.7 Å². The third-order valence-electron chi connectivity index (χ3n) is 7.16. The molecule has 0 bridgehead atoms. The van der Waals surface area contributed by atoms with E-state index in [9.17, 15) is 13.2 Å². The van der Waals surface area contributed by atoms with E-state index in [-0.39, 0.29) is 47.7 Å². The van der Waals surface area contributed by atoms with Crippen LogP contribution < -0.4 is 15.2 Å². The number of hydrogen-bond donors (Lipinski definition) is 0. The molecule has 3 heterocycles. The summed E-state index contributed by atoms with van der Waals surface area (Å²) in [5.74, 6) is 0.212. The van der Waals surface area contributed by atoms with Gasteiger partial charge in [0.25, 0.3) is 10.0 Å². The third-order valence-corrected chi connectivity index (χ3v) is 9.21. The minimum atomic E-state index is -3.71. The standard InChI is InChI=1S/C28H34ClN5O5S/c1-20(2)38-23-9-11-24(12-10-23)39-27-25(19-31-34(28(27)35)22-7-5-6-21(29)18-22)32-14-16-33(17-15-32)40(36,37)26-8-3-4-13-30-26/h3-8,13,18-20,23-24H,9-12,14-17H2,1-2H3/t23-,24-. The summed E-state index contributed by atoms with van der Waals surface area (Å²) in [6, 6.07) is 11.8. The van der Waals surface area contributed by atoms with E-state index in [4.69, 9.17) is 21.1 Å². The van der Waals surface area contributed by atoms with Gasteiger partial charge in [-0.05, 0) is 69.9 Å². The van der Waals surface area contributed by atoms with Gasteiger partial charge in [0.1, 0.15) is 5.69 Å². The normalized spacial score (nSPS) is 20.6. The molecule has 0 radical (unpaired) electrons. The Morgan fingerprint density at radius 2 is 1.70 bits per heavy atom. The van der Waals surface area contributed by atoms with Crippen molar-refractivity contribution in [1.82, 2.24) is 19.1 Å². The van der Waals surface area contributed by atoms with Crippen molar-refractivity contribution >= 4 is 27.3 Å². The fourth-order valence-electron chi connectivity index (χ4n) is 5.20. The van der Waals surface area contributed by atoms with Crippen molar-refractivity contribution in [3.63, 3.8) is 0 Å². The highest BCUT2D eigenvalue weighted by Gasteiger charge is 2.32. The van der Waals surface area contributed by atoms with Crippen LogP contribution >= 0.6 is 11.6 Å². The van der Waals surface area contributed by atoms with Crippen molar-refractivity contribution in [2.75, 3.05) is 31.1 Å². The fourth-order valence-corrected chi connectivity index (χ4v) is 6.73. The average Bonchev–Trinajstić information content (AvgIpc) is 2.95. The number of hydrogen-bond acceptors (Lipinski definition) is 8. The Labute approximate surface area is 239 Å². The van der Waals surface area contributed by atoms with Crippen molar-refractivity contribution in [3.8, 4) is 11.4 Å². The Hall–Kier alpha value is -2.99. The first-order valence-corrected chi connectivity index (χ1v) is 15.4. The number of anilines is 1. The molecule has 0 spiro atoms. The number of ether oxygens (including phenoxy) is 2. The number of rotatable bonds is 8. The van der Waals surface area contributed by atoms with E-state index in [0.717, 1.165) is 25.7 Å². The van der Waals surface area contributed by atoms with Crippen LogP contribution in [0.5, 0.6) is 5.75 Å². The highest BCUT2D eigenvalue weighted by atomic mass is 35.5. The quantitative estimate of drug-likeness (QED) is 0.390. The first-order chi connectivity index (χ1) is 19.2. The van der Waals surface area contributed by atoms with Gasteiger partial charge in [-0.2, -0.15) is 14.1 Å². The lowest BCUT2D eigenvalue weighted by molar-refractivity contribution is -0.0297. The predicted octanol–water partition coefficient (Wildman–Crippen LogP) is 3.91. The van der Waals surface area contributed by atoms with E-state index in [1.807, 2.05) is 18.7 Å². The van der Waals surface area contributed by atoms with E-state index < -0.39 is 10.0 Å². The largest absolute Gasteiger partial charge is 0.483 e. The van der Waals surface area contributed by atoms with Crippen molar-refractivity contribution in [1.29, 1.82) is 0 Å². The van der Waals surface area contributed by atoms with E-state index >= 15 is 0 Å². The lowest BCUT2D eigenvalue weighted by atomic mass is 9.94. The number of piperazine rings is 1. The molecule has 1 saturated carbocycles. The van der Waals surface area contributed by atoms with Gasteiger partial charge in [-0.15, -0.1) is 0 Å². The number of halogens is 1. The Morgan fingerprint density at radius 1 is 0.975 bits per heavy atom. The molecular formula is C28H34ClN5O5S. The van der Waals surface area contributed by atoms with Crippen molar-refractivity contribution < 1.29 is 17.9 Å². The third kappa shape index (κ3) is 6.33. The highest BCUT2D eigenvalue weighted by molar-refractivity contribution is 7.89. The lowest BCUT2D eigenvalue weighted by Crippen LogP contribution is -2.49. The summed E-state index contributed by atoms with van der Waals surface area (Å²) in [6.45, 7) is 5.30. The topological polar surface area (TPSA) is 107 Å². The molecule has 2 aliphatic rings. The first kappa shape index (κ1) is 28.5. The minimum Gasteiger partial charge on any atom is -0.483 e. The lowest BCUT2D eigenvalue weighted by Gasteiger charge is -2.36. The van der Waals surface area contributed by atoms with Gasteiger partial charge in [0.2, 0.25) is 5.75 Å². The molecule has 2 aromatic heterocycles. The zero-order valence-corrected chi connectivity index (χ0v) is 24.2. The molecule has 0 unspecified atom stereocenters. The predicted molar refractivity (Wildman–Crippen MR) is 153 cm³/mol.